The highest BCUT2D eigenvalue weighted by Gasteiger charge is 2.42. The number of hydrogen-bond donors (Lipinski definition) is 3. The lowest BCUT2D eigenvalue weighted by Gasteiger charge is -2.24. The molecule has 97 valence electrons. The number of carbonyl (C=O) groups excluding carboxylic acids is 1. The van der Waals surface area contributed by atoms with Gasteiger partial charge in [-0.05, 0) is 18.2 Å². The Morgan fingerprint density at radius 2 is 2.05 bits per heavy atom. The van der Waals surface area contributed by atoms with Gasteiger partial charge in [0, 0.05) is 16.7 Å². The van der Waals surface area contributed by atoms with Crippen molar-refractivity contribution in [3.05, 3.63) is 65.5 Å². The Labute approximate surface area is 114 Å². The number of hydrogen-bond acceptors (Lipinski definition) is 3. The average Bonchev–Trinajstić information content (AvgIpc) is 3.03. The highest BCUT2D eigenvalue weighted by atomic mass is 16.3. The third-order valence-electron chi connectivity index (χ3n) is 3.64. The van der Waals surface area contributed by atoms with E-state index in [4.69, 9.17) is 0 Å². The van der Waals surface area contributed by atoms with Gasteiger partial charge in [-0.3, -0.25) is 4.79 Å². The maximum absolute atomic E-state index is 12.0. The molecule has 0 spiro atoms. The summed E-state index contributed by atoms with van der Waals surface area (Å²) in [5.41, 5.74) is 1.63. The number of carbonyl (C=O) groups is 1. The van der Waals surface area contributed by atoms with Gasteiger partial charge in [-0.1, -0.05) is 24.3 Å². The third-order valence-corrected chi connectivity index (χ3v) is 3.64. The van der Waals surface area contributed by atoms with Crippen LogP contribution in [-0.2, 0) is 5.72 Å². The van der Waals surface area contributed by atoms with E-state index in [2.05, 4.69) is 21.6 Å². The number of fused-ring (bicyclic) bond motifs is 2. The summed E-state index contributed by atoms with van der Waals surface area (Å²) in [5, 5.41) is 13.5. The molecule has 3 N–H and O–H groups in total. The minimum absolute atomic E-state index is 0.281. The van der Waals surface area contributed by atoms with Crippen LogP contribution in [0.3, 0.4) is 0 Å². The lowest BCUT2D eigenvalue weighted by Crippen LogP contribution is -2.40. The molecule has 3 aromatic rings. The van der Waals surface area contributed by atoms with Gasteiger partial charge in [-0.25, -0.2) is 4.98 Å². The summed E-state index contributed by atoms with van der Waals surface area (Å²) in [6.07, 6.45) is 2.65. The minimum atomic E-state index is -1.51. The zero-order valence-corrected chi connectivity index (χ0v) is 10.3. The van der Waals surface area contributed by atoms with Crippen LogP contribution in [0.1, 0.15) is 21.5 Å². The summed E-state index contributed by atoms with van der Waals surface area (Å²) in [6.45, 7) is 0. The zero-order valence-electron chi connectivity index (χ0n) is 10.3. The molecule has 0 saturated heterocycles. The van der Waals surface area contributed by atoms with E-state index in [1.165, 1.54) is 0 Å². The topological polar surface area (TPSA) is 78.0 Å². The molecule has 1 amide bonds. The fourth-order valence-corrected chi connectivity index (χ4v) is 2.63. The van der Waals surface area contributed by atoms with E-state index in [9.17, 15) is 9.90 Å². The average molecular weight is 264 g/mol. The first-order valence-corrected chi connectivity index (χ1v) is 6.19. The normalized spacial score (nSPS) is 20.9. The molecule has 1 aliphatic heterocycles. The van der Waals surface area contributed by atoms with E-state index < -0.39 is 5.72 Å². The highest BCUT2D eigenvalue weighted by molar-refractivity contribution is 6.00. The Kier molecular flexibility index (Phi) is 2.06. The number of imidazole rings is 1. The van der Waals surface area contributed by atoms with E-state index in [-0.39, 0.29) is 5.91 Å². The number of amides is 1. The van der Waals surface area contributed by atoms with E-state index in [0.29, 0.717) is 22.2 Å². The lowest BCUT2D eigenvalue weighted by atomic mass is 9.94. The van der Waals surface area contributed by atoms with Crippen molar-refractivity contribution in [2.75, 3.05) is 0 Å². The summed E-state index contributed by atoms with van der Waals surface area (Å²) in [7, 11) is 0. The van der Waals surface area contributed by atoms with Crippen molar-refractivity contribution in [1.29, 1.82) is 0 Å². The van der Waals surface area contributed by atoms with Crippen LogP contribution in [0.5, 0.6) is 0 Å². The summed E-state index contributed by atoms with van der Waals surface area (Å²) >= 11 is 0. The fraction of sp³-hybridized carbons (Fsp3) is 0.0667. The van der Waals surface area contributed by atoms with Crippen molar-refractivity contribution in [3.63, 3.8) is 0 Å². The van der Waals surface area contributed by atoms with Crippen LogP contribution < -0.4 is 5.32 Å². The number of rotatable bonds is 1. The molecule has 0 aliphatic carbocycles. The molecule has 1 atom stereocenters. The standard InChI is InChI=1S/C15H10N3O2/c19-14-10-3-1-2-4-11(10)15(20,18-14)9-5-6-12-13(7-9)17-8-16-12/h1-7,20H,(H,16,17)(H,18,19). The Morgan fingerprint density at radius 3 is 2.95 bits per heavy atom. The van der Waals surface area contributed by atoms with Crippen LogP contribution in [0.15, 0.2) is 42.5 Å². The van der Waals surface area contributed by atoms with Crippen LogP contribution in [0.25, 0.3) is 11.0 Å². The van der Waals surface area contributed by atoms with Crippen LogP contribution in [0.2, 0.25) is 0 Å². The number of aliphatic hydroxyl groups is 1. The van der Waals surface area contributed by atoms with Crippen molar-refractivity contribution in [3.8, 4) is 0 Å². The molecule has 20 heavy (non-hydrogen) atoms. The lowest BCUT2D eigenvalue weighted by molar-refractivity contribution is 0.0477. The van der Waals surface area contributed by atoms with Gasteiger partial charge >= 0.3 is 0 Å². The van der Waals surface area contributed by atoms with Gasteiger partial charge in [0.2, 0.25) is 0 Å². The van der Waals surface area contributed by atoms with Gasteiger partial charge in [-0.15, -0.1) is 0 Å². The first-order chi connectivity index (χ1) is 9.68. The Hall–Kier alpha value is -2.66. The summed E-state index contributed by atoms with van der Waals surface area (Å²) in [6, 6.07) is 12.3. The Bertz CT molecular complexity index is 840. The predicted molar refractivity (Wildman–Crippen MR) is 71.8 cm³/mol. The number of nitrogens with zero attached hydrogens (tertiary/aromatic N) is 1. The second-order valence-corrected chi connectivity index (χ2v) is 4.79. The van der Waals surface area contributed by atoms with E-state index in [1.807, 2.05) is 0 Å². The van der Waals surface area contributed by atoms with Gasteiger partial charge in [0.05, 0.1) is 11.0 Å². The van der Waals surface area contributed by atoms with Gasteiger partial charge < -0.3 is 15.4 Å². The summed E-state index contributed by atoms with van der Waals surface area (Å²) in [5.74, 6) is -0.281. The van der Waals surface area contributed by atoms with E-state index in [0.717, 1.165) is 5.52 Å². The molecular weight excluding hydrogens is 254 g/mol. The SMILES string of the molecule is O=C1NC(O)(c2ccc3[nH][c]nc3c2)c2ccccc21. The van der Waals surface area contributed by atoms with E-state index >= 15 is 0 Å². The monoisotopic (exact) mass is 264 g/mol. The first-order valence-electron chi connectivity index (χ1n) is 6.19. The fourth-order valence-electron chi connectivity index (χ4n) is 2.63. The molecular formula is C15H10N3O2. The van der Waals surface area contributed by atoms with Gasteiger partial charge in [0.15, 0.2) is 12.1 Å². The molecule has 0 fully saturated rings. The van der Waals surface area contributed by atoms with Crippen LogP contribution in [0.4, 0.5) is 0 Å². The van der Waals surface area contributed by atoms with Crippen LogP contribution in [-0.4, -0.2) is 21.0 Å². The second kappa shape index (κ2) is 3.68. The molecule has 2 heterocycles. The quantitative estimate of drug-likeness (QED) is 0.620. The molecule has 1 aliphatic rings. The molecule has 2 aromatic carbocycles. The van der Waals surface area contributed by atoms with Gasteiger partial charge in [0.1, 0.15) is 0 Å². The largest absolute Gasteiger partial charge is 0.363 e. The van der Waals surface area contributed by atoms with Crippen molar-refractivity contribution < 1.29 is 9.90 Å². The Morgan fingerprint density at radius 1 is 1.20 bits per heavy atom. The van der Waals surface area contributed by atoms with Crippen molar-refractivity contribution >= 4 is 16.9 Å². The number of nitrogens with one attached hydrogen (secondary N) is 2. The minimum Gasteiger partial charge on any atom is -0.363 e. The molecule has 1 unspecified atom stereocenters. The van der Waals surface area contributed by atoms with E-state index in [1.54, 1.807) is 42.5 Å². The maximum Gasteiger partial charge on any atom is 0.254 e. The third kappa shape index (κ3) is 1.35. The number of H-pyrrole nitrogens is 1. The molecule has 5 heteroatoms. The predicted octanol–water partition coefficient (Wildman–Crippen LogP) is 1.30. The molecule has 5 nitrogen and oxygen atoms in total. The molecule has 0 bridgehead atoms. The smallest absolute Gasteiger partial charge is 0.254 e. The Balaban J connectivity index is 1.95. The molecule has 1 aromatic heterocycles. The molecule has 0 saturated carbocycles. The zero-order chi connectivity index (χ0) is 13.7. The van der Waals surface area contributed by atoms with Crippen LogP contribution in [0, 0.1) is 6.33 Å². The number of aromatic nitrogens is 2. The second-order valence-electron chi connectivity index (χ2n) is 4.79. The number of benzene rings is 2. The highest BCUT2D eigenvalue weighted by Crippen LogP contribution is 2.35. The van der Waals surface area contributed by atoms with Crippen LogP contribution >= 0.6 is 0 Å². The number of aromatic amines is 1. The van der Waals surface area contributed by atoms with Gasteiger partial charge in [-0.2, -0.15) is 0 Å². The van der Waals surface area contributed by atoms with Crippen molar-refractivity contribution in [2.45, 2.75) is 5.72 Å². The molecule has 1 radical (unpaired) electrons. The van der Waals surface area contributed by atoms with Gasteiger partial charge in [0.25, 0.3) is 5.91 Å². The van der Waals surface area contributed by atoms with Crippen molar-refractivity contribution in [1.82, 2.24) is 15.3 Å². The molecule has 4 rings (SSSR count). The van der Waals surface area contributed by atoms with Crippen molar-refractivity contribution in [2.24, 2.45) is 0 Å². The maximum atomic E-state index is 12.0. The summed E-state index contributed by atoms with van der Waals surface area (Å²) < 4.78 is 0. The first kappa shape index (κ1) is 11.2. The summed E-state index contributed by atoms with van der Waals surface area (Å²) in [4.78, 5) is 18.9.